The summed E-state index contributed by atoms with van der Waals surface area (Å²) in [5, 5.41) is 10.6. The molecule has 0 aliphatic carbocycles. The zero-order valence-corrected chi connectivity index (χ0v) is 11.9. The Bertz CT molecular complexity index is 776. The summed E-state index contributed by atoms with van der Waals surface area (Å²) in [7, 11) is 0. The van der Waals surface area contributed by atoms with Crippen LogP contribution in [0.5, 0.6) is 0 Å². The van der Waals surface area contributed by atoms with E-state index >= 15 is 0 Å². The van der Waals surface area contributed by atoms with Crippen molar-refractivity contribution in [1.29, 1.82) is 0 Å². The molecular weight excluding hydrogens is 323 g/mol. The fraction of sp³-hybridized carbons (Fsp3) is 0. The van der Waals surface area contributed by atoms with E-state index in [4.69, 9.17) is 0 Å². The van der Waals surface area contributed by atoms with E-state index in [1.54, 1.807) is 0 Å². The Morgan fingerprint density at radius 2 is 1.80 bits per heavy atom. The van der Waals surface area contributed by atoms with Crippen LogP contribution in [0.4, 0.5) is 5.69 Å². The number of nitro groups is 1. The fourth-order valence-electron chi connectivity index (χ4n) is 1.83. The molecule has 98 valence electrons. The first kappa shape index (κ1) is 12.7. The molecule has 0 aliphatic heterocycles. The molecular formula is C14H8N2O3Se. The third-order valence-corrected chi connectivity index (χ3v) is 5.00. The Morgan fingerprint density at radius 3 is 2.45 bits per heavy atom. The number of nitro benzene ring substituents is 1. The van der Waals surface area contributed by atoms with Crippen LogP contribution >= 0.6 is 0 Å². The first-order chi connectivity index (χ1) is 9.65. The molecule has 5 nitrogen and oxygen atoms in total. The van der Waals surface area contributed by atoms with Crippen LogP contribution in [0.15, 0.2) is 48.5 Å². The van der Waals surface area contributed by atoms with Crippen LogP contribution in [-0.2, 0) is 0 Å². The molecule has 0 bridgehead atoms. The zero-order valence-electron chi connectivity index (χ0n) is 10.1. The SMILES string of the molecule is O=C(c1ccc([N+](=O)[O-])cc1)c1nc2ccccc2[se]1. The fourth-order valence-corrected chi connectivity index (χ4v) is 3.77. The Kier molecular flexibility index (Phi) is 3.18. The summed E-state index contributed by atoms with van der Waals surface area (Å²) in [6, 6.07) is 13.3. The van der Waals surface area contributed by atoms with Gasteiger partial charge in [-0.1, -0.05) is 0 Å². The molecule has 0 saturated heterocycles. The third-order valence-electron chi connectivity index (χ3n) is 2.83. The van der Waals surface area contributed by atoms with Crippen molar-refractivity contribution in [2.75, 3.05) is 0 Å². The average molecular weight is 331 g/mol. The molecule has 0 saturated carbocycles. The van der Waals surface area contributed by atoms with E-state index in [1.807, 2.05) is 24.3 Å². The number of benzene rings is 2. The van der Waals surface area contributed by atoms with Gasteiger partial charge in [0.05, 0.1) is 0 Å². The van der Waals surface area contributed by atoms with Crippen molar-refractivity contribution < 1.29 is 9.72 Å². The van der Waals surface area contributed by atoms with E-state index < -0.39 is 4.92 Å². The molecule has 20 heavy (non-hydrogen) atoms. The molecule has 3 aromatic rings. The van der Waals surface area contributed by atoms with Gasteiger partial charge in [0.2, 0.25) is 0 Å². The predicted molar refractivity (Wildman–Crippen MR) is 75.2 cm³/mol. The molecule has 0 N–H and O–H groups in total. The number of ketones is 1. The topological polar surface area (TPSA) is 73.1 Å². The van der Waals surface area contributed by atoms with Crippen molar-refractivity contribution in [1.82, 2.24) is 4.98 Å². The van der Waals surface area contributed by atoms with Gasteiger partial charge < -0.3 is 0 Å². The Balaban J connectivity index is 1.97. The van der Waals surface area contributed by atoms with E-state index in [0.717, 1.165) is 9.78 Å². The van der Waals surface area contributed by atoms with Gasteiger partial charge in [0.1, 0.15) is 0 Å². The molecule has 0 aliphatic rings. The second-order valence-electron chi connectivity index (χ2n) is 4.12. The summed E-state index contributed by atoms with van der Waals surface area (Å²) in [6.45, 7) is 0. The molecule has 0 amide bonds. The van der Waals surface area contributed by atoms with Gasteiger partial charge in [-0.3, -0.25) is 0 Å². The van der Waals surface area contributed by atoms with Gasteiger partial charge in [-0.25, -0.2) is 0 Å². The number of para-hydroxylation sites is 1. The number of carbonyl (C=O) groups excluding carboxylic acids is 1. The molecule has 2 aromatic carbocycles. The van der Waals surface area contributed by atoms with Gasteiger partial charge in [-0.2, -0.15) is 0 Å². The van der Waals surface area contributed by atoms with Crippen LogP contribution in [0.3, 0.4) is 0 Å². The summed E-state index contributed by atoms with van der Waals surface area (Å²) in [5.74, 6) is -0.156. The maximum absolute atomic E-state index is 12.3. The number of carbonyl (C=O) groups is 1. The standard InChI is InChI=1S/C14H8N2O3Se/c17-13(9-5-7-10(8-6-9)16(18)19)14-15-11-3-1-2-4-12(11)20-14/h1-8H. The Hall–Kier alpha value is -2.30. The molecule has 1 heterocycles. The number of non-ortho nitro benzene ring substituents is 1. The molecule has 3 rings (SSSR count). The van der Waals surface area contributed by atoms with Crippen molar-refractivity contribution in [3.63, 3.8) is 0 Å². The van der Waals surface area contributed by atoms with Gasteiger partial charge in [0, 0.05) is 0 Å². The zero-order chi connectivity index (χ0) is 14.1. The Labute approximate surface area is 119 Å². The number of hydrogen-bond acceptors (Lipinski definition) is 4. The van der Waals surface area contributed by atoms with Crippen molar-refractivity contribution in [2.24, 2.45) is 0 Å². The van der Waals surface area contributed by atoms with E-state index in [0.29, 0.717) is 10.1 Å². The minimum absolute atomic E-state index is 0.0243. The number of fused-ring (bicyclic) bond motifs is 1. The second kappa shape index (κ2) is 5.00. The molecule has 6 heteroatoms. The molecule has 0 atom stereocenters. The van der Waals surface area contributed by atoms with Gasteiger partial charge in [0.15, 0.2) is 0 Å². The number of hydrogen-bond donors (Lipinski definition) is 0. The average Bonchev–Trinajstić information content (AvgIpc) is 2.90. The third kappa shape index (κ3) is 2.27. The summed E-state index contributed by atoms with van der Waals surface area (Å²) < 4.78 is 1.62. The van der Waals surface area contributed by atoms with Gasteiger partial charge in [-0.15, -0.1) is 0 Å². The van der Waals surface area contributed by atoms with Crippen molar-refractivity contribution >= 4 is 35.8 Å². The summed E-state index contributed by atoms with van der Waals surface area (Å²) in [6.07, 6.45) is 0. The second-order valence-corrected chi connectivity index (χ2v) is 6.28. The van der Waals surface area contributed by atoms with Crippen LogP contribution in [0.2, 0.25) is 0 Å². The van der Waals surface area contributed by atoms with Crippen LogP contribution < -0.4 is 0 Å². The van der Waals surface area contributed by atoms with E-state index in [2.05, 4.69) is 4.98 Å². The molecule has 0 spiro atoms. The molecule has 1 aromatic heterocycles. The molecule has 0 radical (unpaired) electrons. The van der Waals surface area contributed by atoms with E-state index in [-0.39, 0.29) is 26.0 Å². The van der Waals surface area contributed by atoms with E-state index in [1.165, 1.54) is 24.3 Å². The first-order valence-corrected chi connectivity index (χ1v) is 7.51. The number of rotatable bonds is 3. The van der Waals surface area contributed by atoms with Gasteiger partial charge >= 0.3 is 119 Å². The minimum atomic E-state index is -0.485. The normalized spacial score (nSPS) is 10.6. The van der Waals surface area contributed by atoms with E-state index in [9.17, 15) is 14.9 Å². The van der Waals surface area contributed by atoms with Crippen molar-refractivity contribution in [3.8, 4) is 0 Å². The number of aromatic nitrogens is 1. The van der Waals surface area contributed by atoms with Crippen LogP contribution in [0.1, 0.15) is 14.9 Å². The monoisotopic (exact) mass is 332 g/mol. The van der Waals surface area contributed by atoms with Crippen molar-refractivity contribution in [3.05, 3.63) is 68.8 Å². The first-order valence-electron chi connectivity index (χ1n) is 5.80. The quantitative estimate of drug-likeness (QED) is 0.320. The maximum atomic E-state index is 12.3. The predicted octanol–water partition coefficient (Wildman–Crippen LogP) is 2.43. The molecule has 0 unspecified atom stereocenters. The van der Waals surface area contributed by atoms with Crippen LogP contribution in [0, 0.1) is 10.1 Å². The van der Waals surface area contributed by atoms with Crippen LogP contribution in [-0.4, -0.2) is 30.2 Å². The summed E-state index contributed by atoms with van der Waals surface area (Å²) >= 11 is -0.102. The number of nitrogens with zero attached hydrogens (tertiary/aromatic N) is 2. The summed E-state index contributed by atoms with van der Waals surface area (Å²) in [5.41, 5.74) is 1.26. The Morgan fingerprint density at radius 1 is 1.10 bits per heavy atom. The van der Waals surface area contributed by atoms with Gasteiger partial charge in [-0.05, 0) is 0 Å². The van der Waals surface area contributed by atoms with Crippen LogP contribution in [0.25, 0.3) is 9.78 Å². The van der Waals surface area contributed by atoms with Gasteiger partial charge in [0.25, 0.3) is 0 Å². The van der Waals surface area contributed by atoms with Crippen molar-refractivity contribution in [2.45, 2.75) is 0 Å². The molecule has 0 fully saturated rings. The summed E-state index contributed by atoms with van der Waals surface area (Å²) in [4.78, 5) is 26.8.